The number of carbonyl (C=O) groups is 1. The van der Waals surface area contributed by atoms with Gasteiger partial charge in [-0.15, -0.1) is 0 Å². The van der Waals surface area contributed by atoms with E-state index in [1.54, 1.807) is 0 Å². The highest BCUT2D eigenvalue weighted by atomic mass is 16.6. The molecule has 1 rings (SSSR count). The van der Waals surface area contributed by atoms with E-state index in [1.807, 2.05) is 0 Å². The molecule has 6 heteroatoms. The Morgan fingerprint density at radius 1 is 1.75 bits per heavy atom. The molecule has 0 aliphatic heterocycles. The van der Waals surface area contributed by atoms with Crippen LogP contribution >= 0.6 is 0 Å². The van der Waals surface area contributed by atoms with Crippen molar-refractivity contribution in [2.45, 2.75) is 6.92 Å². The van der Waals surface area contributed by atoms with Crippen LogP contribution in [0.3, 0.4) is 0 Å². The summed E-state index contributed by atoms with van der Waals surface area (Å²) in [6.45, 7) is 1.31. The smallest absolute Gasteiger partial charge is 0.343 e. The second-order valence-corrected chi connectivity index (χ2v) is 2.31. The largest absolute Gasteiger partial charge is 0.358 e. The van der Waals surface area contributed by atoms with Crippen LogP contribution in [-0.2, 0) is 7.05 Å². The lowest BCUT2D eigenvalue weighted by molar-refractivity contribution is -0.391. The topological polar surface area (TPSA) is 78.0 Å². The minimum absolute atomic E-state index is 0.0988. The molecule has 1 aromatic rings. The first-order valence-electron chi connectivity index (χ1n) is 3.21. The number of ketones is 1. The Balaban J connectivity index is 3.22. The van der Waals surface area contributed by atoms with Crippen molar-refractivity contribution >= 4 is 11.6 Å². The molecular weight excluding hydrogens is 162 g/mol. The molecule has 0 aromatic carbocycles. The SMILES string of the molecule is CC(=O)c1ncc([N+](=O)[O-])n1C. The Kier molecular flexibility index (Phi) is 1.90. The van der Waals surface area contributed by atoms with Gasteiger partial charge in [-0.1, -0.05) is 0 Å². The number of hydrogen-bond donors (Lipinski definition) is 0. The molecule has 0 N–H and O–H groups in total. The maximum absolute atomic E-state index is 10.8. The molecule has 0 amide bonds. The first-order valence-corrected chi connectivity index (χ1v) is 3.21. The summed E-state index contributed by atoms with van der Waals surface area (Å²) in [5, 5.41) is 10.3. The van der Waals surface area contributed by atoms with Gasteiger partial charge in [0.2, 0.25) is 5.78 Å². The predicted molar refractivity (Wildman–Crippen MR) is 39.9 cm³/mol. The van der Waals surface area contributed by atoms with Crippen LogP contribution in [0.25, 0.3) is 0 Å². The molecule has 0 saturated carbocycles. The summed E-state index contributed by atoms with van der Waals surface area (Å²) >= 11 is 0. The van der Waals surface area contributed by atoms with Crippen molar-refractivity contribution in [3.8, 4) is 0 Å². The number of imidazole rings is 1. The van der Waals surface area contributed by atoms with E-state index in [0.29, 0.717) is 0 Å². The lowest BCUT2D eigenvalue weighted by Crippen LogP contribution is -2.05. The van der Waals surface area contributed by atoms with Crippen molar-refractivity contribution in [1.29, 1.82) is 0 Å². The highest BCUT2D eigenvalue weighted by Crippen LogP contribution is 2.11. The molecule has 0 aliphatic rings. The maximum atomic E-state index is 10.8. The van der Waals surface area contributed by atoms with E-state index in [0.717, 1.165) is 10.8 Å². The van der Waals surface area contributed by atoms with Crippen molar-refractivity contribution < 1.29 is 9.72 Å². The molecule has 64 valence electrons. The van der Waals surface area contributed by atoms with Gasteiger partial charge in [-0.2, -0.15) is 0 Å². The summed E-state index contributed by atoms with van der Waals surface area (Å²) in [6.07, 6.45) is 1.07. The summed E-state index contributed by atoms with van der Waals surface area (Å²) in [7, 11) is 1.43. The van der Waals surface area contributed by atoms with E-state index < -0.39 is 4.92 Å². The van der Waals surface area contributed by atoms with Crippen LogP contribution in [0.5, 0.6) is 0 Å². The van der Waals surface area contributed by atoms with Crippen LogP contribution in [0.1, 0.15) is 17.5 Å². The third-order valence-corrected chi connectivity index (χ3v) is 1.47. The summed E-state index contributed by atoms with van der Waals surface area (Å²) in [5.41, 5.74) is 0. The van der Waals surface area contributed by atoms with Crippen molar-refractivity contribution in [2.75, 3.05) is 0 Å². The highest BCUT2D eigenvalue weighted by Gasteiger charge is 2.18. The van der Waals surface area contributed by atoms with E-state index in [1.165, 1.54) is 14.0 Å². The Morgan fingerprint density at radius 3 is 2.58 bits per heavy atom. The van der Waals surface area contributed by atoms with Gasteiger partial charge in [0.15, 0.2) is 0 Å². The molecule has 1 heterocycles. The van der Waals surface area contributed by atoms with Crippen LogP contribution < -0.4 is 0 Å². The minimum atomic E-state index is -0.584. The number of rotatable bonds is 2. The Hall–Kier alpha value is -1.72. The lowest BCUT2D eigenvalue weighted by atomic mass is 10.4. The zero-order valence-corrected chi connectivity index (χ0v) is 6.64. The zero-order chi connectivity index (χ0) is 9.30. The summed E-state index contributed by atoms with van der Waals surface area (Å²) in [4.78, 5) is 24.1. The molecule has 6 nitrogen and oxygen atoms in total. The van der Waals surface area contributed by atoms with Crippen LogP contribution in [-0.4, -0.2) is 20.3 Å². The van der Waals surface area contributed by atoms with Crippen molar-refractivity contribution in [3.05, 3.63) is 22.1 Å². The number of carbonyl (C=O) groups excluding carboxylic acids is 1. The maximum Gasteiger partial charge on any atom is 0.343 e. The molecule has 0 bridgehead atoms. The standard InChI is InChI=1S/C6H7N3O3/c1-4(10)6-7-3-5(8(6)2)9(11)12/h3H,1-2H3. The fraction of sp³-hybridized carbons (Fsp3) is 0.333. The fourth-order valence-corrected chi connectivity index (χ4v) is 0.897. The quantitative estimate of drug-likeness (QED) is 0.367. The second kappa shape index (κ2) is 2.72. The van der Waals surface area contributed by atoms with Gasteiger partial charge in [-0.25, -0.2) is 9.55 Å². The Bertz CT molecular complexity index is 310. The third-order valence-electron chi connectivity index (χ3n) is 1.47. The van der Waals surface area contributed by atoms with Gasteiger partial charge in [-0.3, -0.25) is 4.79 Å². The third kappa shape index (κ3) is 1.18. The average Bonchev–Trinajstić information content (AvgIpc) is 2.30. The first-order chi connectivity index (χ1) is 5.54. The second-order valence-electron chi connectivity index (χ2n) is 2.31. The van der Waals surface area contributed by atoms with E-state index in [-0.39, 0.29) is 17.4 Å². The Morgan fingerprint density at radius 2 is 2.33 bits per heavy atom. The van der Waals surface area contributed by atoms with Gasteiger partial charge in [0.1, 0.15) is 6.20 Å². The van der Waals surface area contributed by atoms with Crippen molar-refractivity contribution in [3.63, 3.8) is 0 Å². The Labute approximate surface area is 68.0 Å². The monoisotopic (exact) mass is 169 g/mol. The normalized spacial score (nSPS) is 9.83. The van der Waals surface area contributed by atoms with E-state index in [2.05, 4.69) is 4.98 Å². The number of aromatic nitrogens is 2. The molecule has 0 spiro atoms. The van der Waals surface area contributed by atoms with Gasteiger partial charge in [0.05, 0.1) is 7.05 Å². The van der Waals surface area contributed by atoms with Crippen LogP contribution in [0.15, 0.2) is 6.20 Å². The molecular formula is C6H7N3O3. The zero-order valence-electron chi connectivity index (χ0n) is 6.64. The van der Waals surface area contributed by atoms with Crippen LogP contribution in [0.2, 0.25) is 0 Å². The van der Waals surface area contributed by atoms with Crippen LogP contribution in [0.4, 0.5) is 5.82 Å². The number of Topliss-reactive ketones (excluding diaryl/α,β-unsaturated/α-hetero) is 1. The molecule has 0 unspecified atom stereocenters. The summed E-state index contributed by atoms with van der Waals surface area (Å²) in [5.74, 6) is -0.368. The molecule has 0 aliphatic carbocycles. The lowest BCUT2D eigenvalue weighted by Gasteiger charge is -1.93. The van der Waals surface area contributed by atoms with Gasteiger partial charge < -0.3 is 10.1 Å². The van der Waals surface area contributed by atoms with E-state index in [9.17, 15) is 14.9 Å². The van der Waals surface area contributed by atoms with Gasteiger partial charge in [-0.05, 0) is 4.92 Å². The number of nitro groups is 1. The highest BCUT2D eigenvalue weighted by molar-refractivity contribution is 5.90. The first kappa shape index (κ1) is 8.38. The van der Waals surface area contributed by atoms with E-state index in [4.69, 9.17) is 0 Å². The van der Waals surface area contributed by atoms with Gasteiger partial charge in [0.25, 0.3) is 5.82 Å². The predicted octanol–water partition coefficient (Wildman–Crippen LogP) is 0.531. The summed E-state index contributed by atoms with van der Waals surface area (Å²) < 4.78 is 1.16. The fourth-order valence-electron chi connectivity index (χ4n) is 0.897. The molecule has 0 radical (unpaired) electrons. The minimum Gasteiger partial charge on any atom is -0.358 e. The van der Waals surface area contributed by atoms with Crippen molar-refractivity contribution in [2.24, 2.45) is 7.05 Å². The number of nitrogens with zero attached hydrogens (tertiary/aromatic N) is 3. The molecule has 1 aromatic heterocycles. The van der Waals surface area contributed by atoms with Gasteiger partial charge >= 0.3 is 5.82 Å². The van der Waals surface area contributed by atoms with Crippen molar-refractivity contribution in [1.82, 2.24) is 9.55 Å². The summed E-state index contributed by atoms with van der Waals surface area (Å²) in [6, 6.07) is 0. The van der Waals surface area contributed by atoms with Gasteiger partial charge in [0, 0.05) is 6.92 Å². The van der Waals surface area contributed by atoms with E-state index >= 15 is 0 Å². The molecule has 0 atom stereocenters. The average molecular weight is 169 g/mol. The molecule has 12 heavy (non-hydrogen) atoms. The number of hydrogen-bond acceptors (Lipinski definition) is 4. The molecule has 0 fully saturated rings. The molecule has 0 saturated heterocycles. The van der Waals surface area contributed by atoms with Crippen LogP contribution in [0, 0.1) is 10.1 Å².